The van der Waals surface area contributed by atoms with Gasteiger partial charge in [0, 0.05) is 25.7 Å². The largest absolute Gasteiger partial charge is 0.374 e. The lowest BCUT2D eigenvalue weighted by molar-refractivity contribution is 0.0246. The molecule has 15 heavy (non-hydrogen) atoms. The highest BCUT2D eigenvalue weighted by Gasteiger charge is 2.26. The van der Waals surface area contributed by atoms with Gasteiger partial charge in [0.25, 0.3) is 0 Å². The van der Waals surface area contributed by atoms with E-state index in [2.05, 4.69) is 24.1 Å². The fourth-order valence-electron chi connectivity index (χ4n) is 2.61. The van der Waals surface area contributed by atoms with E-state index in [1.54, 1.807) is 0 Å². The molecule has 2 heterocycles. The Morgan fingerprint density at radius 3 is 2.80 bits per heavy atom. The van der Waals surface area contributed by atoms with Gasteiger partial charge >= 0.3 is 0 Å². The molecule has 3 heteroatoms. The molecule has 0 radical (unpaired) electrons. The van der Waals surface area contributed by atoms with Gasteiger partial charge in [0.15, 0.2) is 0 Å². The quantitative estimate of drug-likeness (QED) is 0.745. The van der Waals surface area contributed by atoms with Crippen molar-refractivity contribution in [1.82, 2.24) is 10.2 Å². The second kappa shape index (κ2) is 5.28. The summed E-state index contributed by atoms with van der Waals surface area (Å²) in [5, 5.41) is 3.46. The number of hydrogen-bond acceptors (Lipinski definition) is 3. The third kappa shape index (κ3) is 3.16. The van der Waals surface area contributed by atoms with E-state index >= 15 is 0 Å². The summed E-state index contributed by atoms with van der Waals surface area (Å²) < 4.78 is 5.89. The van der Waals surface area contributed by atoms with Crippen molar-refractivity contribution in [3.05, 3.63) is 0 Å². The molecule has 2 rings (SSSR count). The van der Waals surface area contributed by atoms with E-state index in [1.165, 1.54) is 32.4 Å². The predicted molar refractivity (Wildman–Crippen MR) is 62.1 cm³/mol. The Morgan fingerprint density at radius 2 is 2.07 bits per heavy atom. The van der Waals surface area contributed by atoms with E-state index < -0.39 is 0 Å². The molecule has 3 unspecified atom stereocenters. The van der Waals surface area contributed by atoms with Crippen molar-refractivity contribution in [3.8, 4) is 0 Å². The summed E-state index contributed by atoms with van der Waals surface area (Å²) in [6.07, 6.45) is 4.72. The van der Waals surface area contributed by atoms with E-state index in [1.807, 2.05) is 0 Å². The summed E-state index contributed by atoms with van der Waals surface area (Å²) in [6.45, 7) is 9.13. The first-order chi connectivity index (χ1) is 7.25. The van der Waals surface area contributed by atoms with Crippen LogP contribution in [0.15, 0.2) is 0 Å². The number of nitrogens with zero attached hydrogens (tertiary/aromatic N) is 1. The maximum absolute atomic E-state index is 5.89. The minimum absolute atomic E-state index is 0.482. The first kappa shape index (κ1) is 11.4. The van der Waals surface area contributed by atoms with Gasteiger partial charge in [-0.3, -0.25) is 4.90 Å². The molecule has 2 saturated heterocycles. The molecule has 88 valence electrons. The Hall–Kier alpha value is -0.120. The van der Waals surface area contributed by atoms with Gasteiger partial charge in [0.05, 0.1) is 12.2 Å². The highest BCUT2D eigenvalue weighted by atomic mass is 16.5. The van der Waals surface area contributed by atoms with Gasteiger partial charge in [-0.25, -0.2) is 0 Å². The molecule has 0 aromatic heterocycles. The van der Waals surface area contributed by atoms with Crippen LogP contribution in [0.5, 0.6) is 0 Å². The van der Waals surface area contributed by atoms with Crippen LogP contribution in [0, 0.1) is 0 Å². The molecule has 2 aliphatic heterocycles. The third-order valence-electron chi connectivity index (χ3n) is 3.70. The van der Waals surface area contributed by atoms with Gasteiger partial charge < -0.3 is 10.1 Å². The van der Waals surface area contributed by atoms with Gasteiger partial charge in [0.1, 0.15) is 0 Å². The number of rotatable bonds is 2. The van der Waals surface area contributed by atoms with Crippen LogP contribution in [0.2, 0.25) is 0 Å². The molecule has 2 fully saturated rings. The fraction of sp³-hybridized carbons (Fsp3) is 1.00. The predicted octanol–water partition coefficient (Wildman–Crippen LogP) is 1.24. The highest BCUT2D eigenvalue weighted by Crippen LogP contribution is 2.21. The summed E-state index contributed by atoms with van der Waals surface area (Å²) in [4.78, 5) is 2.59. The van der Waals surface area contributed by atoms with Crippen molar-refractivity contribution in [1.29, 1.82) is 0 Å². The Balaban J connectivity index is 1.81. The summed E-state index contributed by atoms with van der Waals surface area (Å²) in [5.74, 6) is 0. The molecule has 0 saturated carbocycles. The van der Waals surface area contributed by atoms with Crippen LogP contribution in [0.4, 0.5) is 0 Å². The lowest BCUT2D eigenvalue weighted by atomic mass is 10.1. The van der Waals surface area contributed by atoms with Gasteiger partial charge in [-0.05, 0) is 39.7 Å². The molecular formula is C12H24N2O. The summed E-state index contributed by atoms with van der Waals surface area (Å²) in [5.41, 5.74) is 0. The van der Waals surface area contributed by atoms with Crippen molar-refractivity contribution in [2.45, 2.75) is 51.4 Å². The SMILES string of the molecule is CC1CCC(CN2CCNCCC2C)O1. The lowest BCUT2D eigenvalue weighted by Crippen LogP contribution is -2.40. The van der Waals surface area contributed by atoms with Crippen LogP contribution < -0.4 is 5.32 Å². The van der Waals surface area contributed by atoms with Gasteiger partial charge in [0.2, 0.25) is 0 Å². The van der Waals surface area contributed by atoms with E-state index in [9.17, 15) is 0 Å². The second-order valence-corrected chi connectivity index (χ2v) is 5.03. The Labute approximate surface area is 93.2 Å². The molecule has 0 aliphatic carbocycles. The van der Waals surface area contributed by atoms with Gasteiger partial charge in [-0.1, -0.05) is 0 Å². The summed E-state index contributed by atoms with van der Waals surface area (Å²) >= 11 is 0. The zero-order chi connectivity index (χ0) is 10.7. The maximum Gasteiger partial charge on any atom is 0.0706 e. The molecule has 0 bridgehead atoms. The standard InChI is InChI=1S/C12H24N2O/c1-10-5-6-13-7-8-14(10)9-12-4-3-11(2)15-12/h10-13H,3-9H2,1-2H3. The maximum atomic E-state index is 5.89. The van der Waals surface area contributed by atoms with E-state index in [-0.39, 0.29) is 0 Å². The third-order valence-corrected chi connectivity index (χ3v) is 3.70. The molecule has 0 spiro atoms. The molecule has 3 nitrogen and oxygen atoms in total. The van der Waals surface area contributed by atoms with Gasteiger partial charge in [-0.2, -0.15) is 0 Å². The smallest absolute Gasteiger partial charge is 0.0706 e. The monoisotopic (exact) mass is 212 g/mol. The lowest BCUT2D eigenvalue weighted by Gasteiger charge is -2.29. The summed E-state index contributed by atoms with van der Waals surface area (Å²) in [7, 11) is 0. The van der Waals surface area contributed by atoms with E-state index in [0.29, 0.717) is 18.2 Å². The summed E-state index contributed by atoms with van der Waals surface area (Å²) in [6, 6.07) is 0.708. The zero-order valence-corrected chi connectivity index (χ0v) is 10.0. The van der Waals surface area contributed by atoms with E-state index in [0.717, 1.165) is 13.1 Å². The van der Waals surface area contributed by atoms with Crippen LogP contribution in [0.25, 0.3) is 0 Å². The molecule has 0 aromatic carbocycles. The minimum Gasteiger partial charge on any atom is -0.374 e. The molecule has 0 amide bonds. The van der Waals surface area contributed by atoms with Crippen LogP contribution in [-0.2, 0) is 4.74 Å². The zero-order valence-electron chi connectivity index (χ0n) is 10.0. The average Bonchev–Trinajstić information content (AvgIpc) is 2.50. The normalized spacial score (nSPS) is 39.2. The Bertz CT molecular complexity index is 198. The molecular weight excluding hydrogens is 188 g/mol. The molecule has 3 atom stereocenters. The molecule has 1 N–H and O–H groups in total. The van der Waals surface area contributed by atoms with Crippen molar-refractivity contribution in [3.63, 3.8) is 0 Å². The number of nitrogens with one attached hydrogen (secondary N) is 1. The second-order valence-electron chi connectivity index (χ2n) is 5.03. The molecule has 2 aliphatic rings. The van der Waals surface area contributed by atoms with Gasteiger partial charge in [-0.15, -0.1) is 0 Å². The van der Waals surface area contributed by atoms with Crippen LogP contribution >= 0.6 is 0 Å². The van der Waals surface area contributed by atoms with Crippen molar-refractivity contribution in [2.24, 2.45) is 0 Å². The average molecular weight is 212 g/mol. The fourth-order valence-corrected chi connectivity index (χ4v) is 2.61. The minimum atomic E-state index is 0.482. The highest BCUT2D eigenvalue weighted by molar-refractivity contribution is 4.79. The topological polar surface area (TPSA) is 24.5 Å². The van der Waals surface area contributed by atoms with E-state index in [4.69, 9.17) is 4.74 Å². The Kier molecular flexibility index (Phi) is 4.00. The first-order valence-electron chi connectivity index (χ1n) is 6.36. The van der Waals surface area contributed by atoms with Crippen LogP contribution in [0.1, 0.15) is 33.1 Å². The van der Waals surface area contributed by atoms with Crippen molar-refractivity contribution < 1.29 is 4.74 Å². The van der Waals surface area contributed by atoms with Crippen molar-refractivity contribution in [2.75, 3.05) is 26.2 Å². The molecule has 0 aromatic rings. The van der Waals surface area contributed by atoms with Crippen LogP contribution in [0.3, 0.4) is 0 Å². The number of ether oxygens (including phenoxy) is 1. The Morgan fingerprint density at radius 1 is 1.20 bits per heavy atom. The van der Waals surface area contributed by atoms with Crippen LogP contribution in [-0.4, -0.2) is 49.3 Å². The first-order valence-corrected chi connectivity index (χ1v) is 6.36. The number of hydrogen-bond donors (Lipinski definition) is 1. The van der Waals surface area contributed by atoms with Crippen molar-refractivity contribution >= 4 is 0 Å².